The molecular formula is C6H4N6O3. The van der Waals surface area contributed by atoms with E-state index < -0.39 is 0 Å². The summed E-state index contributed by atoms with van der Waals surface area (Å²) in [5.74, 6) is 0.152. The molecule has 0 unspecified atom stereocenters. The molecule has 9 heteroatoms. The van der Waals surface area contributed by atoms with E-state index in [4.69, 9.17) is 15.2 Å². The quantitative estimate of drug-likeness (QED) is 0.456. The molecule has 9 nitrogen and oxygen atoms in total. The molecule has 0 bridgehead atoms. The predicted molar refractivity (Wildman–Crippen MR) is 44.1 cm³/mol. The number of aromatic nitrogens is 2. The molecule has 0 aromatic carbocycles. The molecule has 0 saturated carbocycles. The molecule has 15 heavy (non-hydrogen) atoms. The lowest BCUT2D eigenvalue weighted by Crippen LogP contribution is -2.23. The first-order valence-corrected chi connectivity index (χ1v) is 3.88. The highest BCUT2D eigenvalue weighted by atomic mass is 16.8. The molecule has 2 aromatic rings. The van der Waals surface area contributed by atoms with Crippen molar-refractivity contribution in [3.8, 4) is 0 Å². The summed E-state index contributed by atoms with van der Waals surface area (Å²) in [5, 5.41) is 22.0. The summed E-state index contributed by atoms with van der Waals surface area (Å²) in [4.78, 5) is 4.64. The minimum atomic E-state index is -0.156. The number of nitrogens with one attached hydrogen (secondary N) is 4. The Morgan fingerprint density at radius 2 is 1.93 bits per heavy atom. The second-order valence-electron chi connectivity index (χ2n) is 2.78. The van der Waals surface area contributed by atoms with Crippen molar-refractivity contribution in [2.24, 2.45) is 0 Å². The van der Waals surface area contributed by atoms with Gasteiger partial charge in [0.2, 0.25) is 5.88 Å². The first-order valence-electron chi connectivity index (χ1n) is 3.88. The molecule has 0 amide bonds. The fourth-order valence-corrected chi connectivity index (χ4v) is 1.20. The van der Waals surface area contributed by atoms with Crippen LogP contribution in [0.15, 0.2) is 9.05 Å². The molecule has 0 fully saturated rings. The van der Waals surface area contributed by atoms with Crippen molar-refractivity contribution in [2.45, 2.75) is 0 Å². The van der Waals surface area contributed by atoms with E-state index in [0.717, 1.165) is 0 Å². The Bertz CT molecular complexity index is 658. The molecule has 4 N–H and O–H groups in total. The summed E-state index contributed by atoms with van der Waals surface area (Å²) in [6.45, 7) is 0. The van der Waals surface area contributed by atoms with Gasteiger partial charge in [0.1, 0.15) is 10.7 Å². The van der Waals surface area contributed by atoms with Crippen LogP contribution in [0.3, 0.4) is 0 Å². The van der Waals surface area contributed by atoms with Gasteiger partial charge in [-0.1, -0.05) is 0 Å². The van der Waals surface area contributed by atoms with E-state index in [-0.39, 0.29) is 33.5 Å². The third kappa shape index (κ3) is 0.942. The van der Waals surface area contributed by atoms with E-state index >= 15 is 0 Å². The van der Waals surface area contributed by atoms with Gasteiger partial charge in [-0.3, -0.25) is 10.8 Å². The van der Waals surface area contributed by atoms with Gasteiger partial charge in [0.15, 0.2) is 11.2 Å². The summed E-state index contributed by atoms with van der Waals surface area (Å²) in [7, 11) is 0. The lowest BCUT2D eigenvalue weighted by atomic mass is 10.4. The van der Waals surface area contributed by atoms with Crippen LogP contribution in [0.2, 0.25) is 0 Å². The maximum Gasteiger partial charge on any atom is 0.292 e. The first-order chi connectivity index (χ1) is 7.27. The minimum Gasteiger partial charge on any atom is -0.413 e. The lowest BCUT2D eigenvalue weighted by Gasteiger charge is -1.87. The first kappa shape index (κ1) is 7.94. The monoisotopic (exact) mass is 208 g/mol. The standard InChI is InChI=1S/C6H4N6O3/c7-1-2(8)4-6(12-15-10-4)13-5-3(1)9-14-11-5/h7-9,11H. The second-order valence-corrected chi connectivity index (χ2v) is 2.78. The van der Waals surface area contributed by atoms with Gasteiger partial charge in [-0.15, -0.1) is 0 Å². The molecule has 3 heterocycles. The van der Waals surface area contributed by atoms with Crippen molar-refractivity contribution in [3.05, 3.63) is 10.7 Å². The highest BCUT2D eigenvalue weighted by Crippen LogP contribution is 2.22. The molecule has 0 spiro atoms. The van der Waals surface area contributed by atoms with Gasteiger partial charge in [0.25, 0.3) is 5.71 Å². The van der Waals surface area contributed by atoms with E-state index in [1.54, 1.807) is 0 Å². The topological polar surface area (TPSA) is 133 Å². The van der Waals surface area contributed by atoms with Gasteiger partial charge < -0.3 is 4.42 Å². The molecule has 0 saturated heterocycles. The van der Waals surface area contributed by atoms with Crippen LogP contribution in [0.1, 0.15) is 0 Å². The molecule has 76 valence electrons. The van der Waals surface area contributed by atoms with E-state index in [2.05, 4.69) is 30.8 Å². The SMILES string of the molecule is N=c1c2c(oc3nonc3c1=N)NON2. The van der Waals surface area contributed by atoms with Crippen LogP contribution in [-0.4, -0.2) is 10.3 Å². The number of anilines is 2. The zero-order valence-corrected chi connectivity index (χ0v) is 7.12. The molecule has 1 aliphatic heterocycles. The number of nitrogens with zero attached hydrogens (tertiary/aromatic N) is 2. The minimum absolute atomic E-state index is 0.0227. The maximum absolute atomic E-state index is 7.68. The fourth-order valence-electron chi connectivity index (χ4n) is 1.20. The molecule has 1 aliphatic rings. The molecular weight excluding hydrogens is 204 g/mol. The van der Waals surface area contributed by atoms with Gasteiger partial charge in [0.05, 0.1) is 0 Å². The number of hydrogen-bond donors (Lipinski definition) is 4. The lowest BCUT2D eigenvalue weighted by molar-refractivity contribution is 0.273. The van der Waals surface area contributed by atoms with Crippen molar-refractivity contribution in [3.63, 3.8) is 0 Å². The third-order valence-electron chi connectivity index (χ3n) is 1.92. The molecule has 2 aromatic heterocycles. The average molecular weight is 208 g/mol. The highest BCUT2D eigenvalue weighted by Gasteiger charge is 2.18. The number of rotatable bonds is 0. The normalized spacial score (nSPS) is 13.3. The largest absolute Gasteiger partial charge is 0.413 e. The van der Waals surface area contributed by atoms with Crippen molar-refractivity contribution in [2.75, 3.05) is 11.0 Å². The summed E-state index contributed by atoms with van der Waals surface area (Å²) in [5.41, 5.74) is 5.10. The Balaban J connectivity index is 2.63. The van der Waals surface area contributed by atoms with E-state index in [1.807, 2.05) is 0 Å². The number of fused-ring (bicyclic) bond motifs is 2. The van der Waals surface area contributed by atoms with E-state index in [9.17, 15) is 0 Å². The van der Waals surface area contributed by atoms with Gasteiger partial charge in [0, 0.05) is 0 Å². The van der Waals surface area contributed by atoms with Crippen LogP contribution in [0.4, 0.5) is 11.6 Å². The van der Waals surface area contributed by atoms with Gasteiger partial charge in [-0.25, -0.2) is 15.6 Å². The fraction of sp³-hybridized carbons (Fsp3) is 0. The predicted octanol–water partition coefficient (Wildman–Crippen LogP) is -0.541. The van der Waals surface area contributed by atoms with Crippen LogP contribution in [0, 0.1) is 10.8 Å². The smallest absolute Gasteiger partial charge is 0.292 e. The Morgan fingerprint density at radius 1 is 1.07 bits per heavy atom. The van der Waals surface area contributed by atoms with Gasteiger partial charge >= 0.3 is 0 Å². The zero-order chi connectivity index (χ0) is 10.4. The number of hydrogen-bond acceptors (Lipinski definition) is 9. The maximum atomic E-state index is 7.68. The van der Waals surface area contributed by atoms with Crippen molar-refractivity contribution >= 4 is 22.8 Å². The van der Waals surface area contributed by atoms with Crippen molar-refractivity contribution in [1.82, 2.24) is 10.3 Å². The summed E-state index contributed by atoms with van der Waals surface area (Å²) >= 11 is 0. The molecule has 0 atom stereocenters. The highest BCUT2D eigenvalue weighted by molar-refractivity contribution is 5.71. The van der Waals surface area contributed by atoms with Crippen LogP contribution >= 0.6 is 0 Å². The Hall–Kier alpha value is -2.42. The summed E-state index contributed by atoms with van der Waals surface area (Å²) < 4.78 is 9.61. The summed E-state index contributed by atoms with van der Waals surface area (Å²) in [6, 6.07) is 0. The summed E-state index contributed by atoms with van der Waals surface area (Å²) in [6.07, 6.45) is 0. The van der Waals surface area contributed by atoms with Crippen LogP contribution in [0.5, 0.6) is 0 Å². The van der Waals surface area contributed by atoms with Gasteiger partial charge in [-0.05, 0) is 10.3 Å². The zero-order valence-electron chi connectivity index (χ0n) is 7.12. The molecule has 3 rings (SSSR count). The van der Waals surface area contributed by atoms with Crippen LogP contribution in [-0.2, 0) is 4.94 Å². The average Bonchev–Trinajstić information content (AvgIpc) is 2.83. The van der Waals surface area contributed by atoms with Crippen molar-refractivity contribution in [1.29, 1.82) is 10.8 Å². The Morgan fingerprint density at radius 3 is 2.80 bits per heavy atom. The van der Waals surface area contributed by atoms with Gasteiger partial charge in [-0.2, -0.15) is 4.94 Å². The molecule has 0 aliphatic carbocycles. The van der Waals surface area contributed by atoms with Crippen LogP contribution in [0.25, 0.3) is 11.2 Å². The second kappa shape index (κ2) is 2.54. The Labute approximate surface area is 80.6 Å². The Kier molecular flexibility index (Phi) is 1.35. The van der Waals surface area contributed by atoms with E-state index in [0.29, 0.717) is 0 Å². The van der Waals surface area contributed by atoms with E-state index in [1.165, 1.54) is 0 Å². The van der Waals surface area contributed by atoms with Crippen LogP contribution < -0.4 is 21.7 Å². The molecule has 0 radical (unpaired) electrons. The third-order valence-corrected chi connectivity index (χ3v) is 1.92. The van der Waals surface area contributed by atoms with Crippen molar-refractivity contribution < 1.29 is 14.0 Å².